The van der Waals surface area contributed by atoms with E-state index >= 15 is 0 Å². The maximum atomic E-state index is 6.12. The molecule has 4 aromatic rings. The lowest BCUT2D eigenvalue weighted by Gasteiger charge is -2.32. The molecule has 0 N–H and O–H groups in total. The summed E-state index contributed by atoms with van der Waals surface area (Å²) in [5.74, 6) is 0. The maximum Gasteiger partial charge on any atom is 0.494 e. The molecule has 0 atom stereocenters. The van der Waals surface area contributed by atoms with Gasteiger partial charge in [-0.3, -0.25) is 0 Å². The standard InChI is InChI=1S/C18H21BO2.C12H9Br/c1-17(2)18(3,4)21-19(20-17)16-12-8-11-15(13-16)14-9-6-5-7-10-14;13-12-8-4-7-11(9-12)10-5-2-1-3-6-10/h5-13H,1-4H3;1-9H. The fraction of sp³-hybridized carbons (Fsp3) is 0.200. The van der Waals surface area contributed by atoms with Crippen molar-refractivity contribution in [1.29, 1.82) is 0 Å². The van der Waals surface area contributed by atoms with Crippen molar-refractivity contribution >= 4 is 28.5 Å². The molecule has 0 spiro atoms. The van der Waals surface area contributed by atoms with E-state index in [4.69, 9.17) is 9.31 Å². The fourth-order valence-electron chi connectivity index (χ4n) is 3.77. The molecule has 4 heteroatoms. The van der Waals surface area contributed by atoms with Gasteiger partial charge in [0, 0.05) is 4.47 Å². The summed E-state index contributed by atoms with van der Waals surface area (Å²) in [6.07, 6.45) is 0. The second-order valence-electron chi connectivity index (χ2n) is 9.46. The van der Waals surface area contributed by atoms with E-state index in [0.29, 0.717) is 0 Å². The minimum absolute atomic E-state index is 0.305. The van der Waals surface area contributed by atoms with Gasteiger partial charge in [-0.15, -0.1) is 0 Å². The van der Waals surface area contributed by atoms with Crippen molar-refractivity contribution in [2.24, 2.45) is 0 Å². The van der Waals surface area contributed by atoms with Crippen LogP contribution < -0.4 is 5.46 Å². The van der Waals surface area contributed by atoms with E-state index in [1.54, 1.807) is 0 Å². The first-order valence-electron chi connectivity index (χ1n) is 11.6. The Kier molecular flexibility index (Phi) is 7.42. The van der Waals surface area contributed by atoms with Crippen LogP contribution in [0.3, 0.4) is 0 Å². The van der Waals surface area contributed by atoms with Gasteiger partial charge in [0.15, 0.2) is 0 Å². The van der Waals surface area contributed by atoms with E-state index in [1.165, 1.54) is 22.3 Å². The highest BCUT2D eigenvalue weighted by molar-refractivity contribution is 9.10. The van der Waals surface area contributed by atoms with E-state index in [1.807, 2.05) is 24.3 Å². The molecule has 0 aliphatic carbocycles. The highest BCUT2D eigenvalue weighted by Crippen LogP contribution is 2.36. The monoisotopic (exact) mass is 512 g/mol. The molecule has 0 amide bonds. The third kappa shape index (κ3) is 5.69. The van der Waals surface area contributed by atoms with Gasteiger partial charge in [-0.1, -0.05) is 113 Å². The molecule has 1 aliphatic rings. The van der Waals surface area contributed by atoms with Gasteiger partial charge in [0.1, 0.15) is 0 Å². The molecule has 2 nitrogen and oxygen atoms in total. The van der Waals surface area contributed by atoms with Crippen LogP contribution in [0.5, 0.6) is 0 Å². The third-order valence-electron chi connectivity index (χ3n) is 6.45. The second-order valence-corrected chi connectivity index (χ2v) is 10.4. The molecule has 0 unspecified atom stereocenters. The lowest BCUT2D eigenvalue weighted by molar-refractivity contribution is 0.00578. The Labute approximate surface area is 212 Å². The van der Waals surface area contributed by atoms with Crippen molar-refractivity contribution in [2.75, 3.05) is 0 Å². The first-order chi connectivity index (χ1) is 16.2. The molecule has 34 heavy (non-hydrogen) atoms. The number of hydrogen-bond acceptors (Lipinski definition) is 2. The Morgan fingerprint density at radius 2 is 0.971 bits per heavy atom. The molecule has 1 fully saturated rings. The van der Waals surface area contributed by atoms with Gasteiger partial charge in [-0.2, -0.15) is 0 Å². The average molecular weight is 513 g/mol. The number of rotatable bonds is 3. The first-order valence-corrected chi connectivity index (χ1v) is 12.4. The Balaban J connectivity index is 0.000000180. The Bertz CT molecular complexity index is 1210. The SMILES string of the molecule is Brc1cccc(-c2ccccc2)c1.CC1(C)OB(c2cccc(-c3ccccc3)c2)OC1(C)C. The summed E-state index contributed by atoms with van der Waals surface area (Å²) in [6, 6.07) is 37.4. The van der Waals surface area contributed by atoms with Crippen LogP contribution in [0.2, 0.25) is 0 Å². The summed E-state index contributed by atoms with van der Waals surface area (Å²) in [4.78, 5) is 0. The largest absolute Gasteiger partial charge is 0.494 e. The van der Waals surface area contributed by atoms with Crippen LogP contribution in [0.4, 0.5) is 0 Å². The van der Waals surface area contributed by atoms with Gasteiger partial charge in [0.25, 0.3) is 0 Å². The molecule has 4 aromatic carbocycles. The fourth-order valence-corrected chi connectivity index (χ4v) is 4.17. The first kappa shape index (κ1) is 24.5. The predicted octanol–water partition coefficient (Wildman–Crippen LogP) is 7.77. The smallest absolute Gasteiger partial charge is 0.399 e. The molecule has 0 aromatic heterocycles. The summed E-state index contributed by atoms with van der Waals surface area (Å²) in [5, 5.41) is 0. The van der Waals surface area contributed by atoms with Crippen LogP contribution in [0.1, 0.15) is 27.7 Å². The van der Waals surface area contributed by atoms with Gasteiger partial charge in [-0.25, -0.2) is 0 Å². The molecule has 5 rings (SSSR count). The van der Waals surface area contributed by atoms with E-state index in [2.05, 4.69) is 129 Å². The molecule has 0 radical (unpaired) electrons. The van der Waals surface area contributed by atoms with Crippen LogP contribution >= 0.6 is 15.9 Å². The Morgan fingerprint density at radius 3 is 1.47 bits per heavy atom. The lowest BCUT2D eigenvalue weighted by atomic mass is 9.78. The quantitative estimate of drug-likeness (QED) is 0.261. The zero-order valence-electron chi connectivity index (χ0n) is 20.2. The van der Waals surface area contributed by atoms with E-state index in [-0.39, 0.29) is 18.3 Å². The molecule has 0 saturated carbocycles. The van der Waals surface area contributed by atoms with Crippen molar-refractivity contribution in [2.45, 2.75) is 38.9 Å². The number of halogens is 1. The average Bonchev–Trinajstić information content (AvgIpc) is 3.07. The van der Waals surface area contributed by atoms with Gasteiger partial charge >= 0.3 is 7.12 Å². The number of benzene rings is 4. The van der Waals surface area contributed by atoms with Crippen molar-refractivity contribution in [1.82, 2.24) is 0 Å². The zero-order valence-corrected chi connectivity index (χ0v) is 21.8. The normalized spacial score (nSPS) is 16.0. The summed E-state index contributed by atoms with van der Waals surface area (Å²) < 4.78 is 13.4. The van der Waals surface area contributed by atoms with E-state index in [0.717, 1.165) is 9.94 Å². The summed E-state index contributed by atoms with van der Waals surface area (Å²) in [7, 11) is -0.307. The Morgan fingerprint density at radius 1 is 0.529 bits per heavy atom. The van der Waals surface area contributed by atoms with Gasteiger partial charge in [-0.05, 0) is 67.5 Å². The second kappa shape index (κ2) is 10.3. The molecule has 172 valence electrons. The van der Waals surface area contributed by atoms with Gasteiger partial charge < -0.3 is 9.31 Å². The summed E-state index contributed by atoms with van der Waals surface area (Å²) >= 11 is 3.46. The number of hydrogen-bond donors (Lipinski definition) is 0. The van der Waals surface area contributed by atoms with Gasteiger partial charge in [0.05, 0.1) is 11.2 Å². The molecule has 1 saturated heterocycles. The highest BCUT2D eigenvalue weighted by atomic mass is 79.9. The minimum atomic E-state index is -0.307. The van der Waals surface area contributed by atoms with Crippen LogP contribution in [-0.4, -0.2) is 18.3 Å². The van der Waals surface area contributed by atoms with Crippen LogP contribution in [0.15, 0.2) is 114 Å². The topological polar surface area (TPSA) is 18.5 Å². The van der Waals surface area contributed by atoms with Crippen LogP contribution in [-0.2, 0) is 9.31 Å². The lowest BCUT2D eigenvalue weighted by Crippen LogP contribution is -2.41. The highest BCUT2D eigenvalue weighted by Gasteiger charge is 2.51. The zero-order chi connectivity index (χ0) is 24.2. The molecule has 1 aliphatic heterocycles. The van der Waals surface area contributed by atoms with Crippen LogP contribution in [0.25, 0.3) is 22.3 Å². The minimum Gasteiger partial charge on any atom is -0.399 e. The van der Waals surface area contributed by atoms with Crippen molar-refractivity contribution in [3.05, 3.63) is 114 Å². The summed E-state index contributed by atoms with van der Waals surface area (Å²) in [6.45, 7) is 8.31. The van der Waals surface area contributed by atoms with E-state index in [9.17, 15) is 0 Å². The van der Waals surface area contributed by atoms with Crippen LogP contribution in [0, 0.1) is 0 Å². The maximum absolute atomic E-state index is 6.12. The molecular weight excluding hydrogens is 483 g/mol. The molecular formula is C30H30BBrO2. The Hall–Kier alpha value is -2.66. The third-order valence-corrected chi connectivity index (χ3v) is 6.94. The van der Waals surface area contributed by atoms with Crippen molar-refractivity contribution in [3.8, 4) is 22.3 Å². The van der Waals surface area contributed by atoms with E-state index < -0.39 is 0 Å². The van der Waals surface area contributed by atoms with Crippen molar-refractivity contribution in [3.63, 3.8) is 0 Å². The molecule has 0 bridgehead atoms. The predicted molar refractivity (Wildman–Crippen MR) is 147 cm³/mol. The van der Waals surface area contributed by atoms with Gasteiger partial charge in [0.2, 0.25) is 0 Å². The molecule has 1 heterocycles. The van der Waals surface area contributed by atoms with Crippen molar-refractivity contribution < 1.29 is 9.31 Å². The summed E-state index contributed by atoms with van der Waals surface area (Å²) in [5.41, 5.74) is 5.34.